The van der Waals surface area contributed by atoms with Gasteiger partial charge in [-0.25, -0.2) is 14.4 Å². The number of hydrogen-bond donors (Lipinski definition) is 1. The first kappa shape index (κ1) is 11.3. The first-order chi connectivity index (χ1) is 8.29. The van der Waals surface area contributed by atoms with E-state index in [9.17, 15) is 4.39 Å². The molecule has 0 atom stereocenters. The van der Waals surface area contributed by atoms with Crippen LogP contribution in [0.5, 0.6) is 5.75 Å². The lowest BCUT2D eigenvalue weighted by molar-refractivity contribution is 0.414. The highest BCUT2D eigenvalue weighted by Crippen LogP contribution is 2.21. The summed E-state index contributed by atoms with van der Waals surface area (Å²) in [4.78, 5) is 8.08. The van der Waals surface area contributed by atoms with Crippen LogP contribution in [0, 0.1) is 5.82 Å². The fraction of sp³-hybridized carbons (Fsp3) is 0.167. The van der Waals surface area contributed by atoms with E-state index in [0.29, 0.717) is 23.8 Å². The molecule has 0 aliphatic rings. The lowest BCUT2D eigenvalue weighted by Gasteiger charge is -2.08. The molecule has 5 heteroatoms. The molecule has 0 fully saturated rings. The van der Waals surface area contributed by atoms with E-state index in [1.54, 1.807) is 30.6 Å². The van der Waals surface area contributed by atoms with Crippen molar-refractivity contribution in [2.75, 3.05) is 12.4 Å². The van der Waals surface area contributed by atoms with Gasteiger partial charge in [0.1, 0.15) is 17.4 Å². The van der Waals surface area contributed by atoms with Crippen LogP contribution < -0.4 is 10.1 Å². The lowest BCUT2D eigenvalue weighted by atomic mass is 10.3. The topological polar surface area (TPSA) is 47.0 Å². The van der Waals surface area contributed by atoms with Gasteiger partial charge in [-0.15, -0.1) is 0 Å². The number of nitrogens with one attached hydrogen (secondary N) is 1. The first-order valence-electron chi connectivity index (χ1n) is 5.13. The molecule has 1 N–H and O–H groups in total. The number of ether oxygens (including phenoxy) is 1. The molecule has 1 heterocycles. The summed E-state index contributed by atoms with van der Waals surface area (Å²) in [6.45, 7) is 0.366. The minimum Gasteiger partial charge on any atom is -0.497 e. The quantitative estimate of drug-likeness (QED) is 0.879. The van der Waals surface area contributed by atoms with Gasteiger partial charge in [0.2, 0.25) is 0 Å². The Balaban J connectivity index is 2.08. The molecule has 1 aromatic carbocycles. The van der Waals surface area contributed by atoms with E-state index in [0.717, 1.165) is 0 Å². The van der Waals surface area contributed by atoms with Crippen molar-refractivity contribution in [2.24, 2.45) is 0 Å². The average molecular weight is 233 g/mol. The summed E-state index contributed by atoms with van der Waals surface area (Å²) in [5.41, 5.74) is 0.372. The largest absolute Gasteiger partial charge is 0.497 e. The molecule has 88 valence electrons. The van der Waals surface area contributed by atoms with Crippen LogP contribution in [0.3, 0.4) is 0 Å². The summed E-state index contributed by atoms with van der Waals surface area (Å²) in [5.74, 6) is 0.874. The molecule has 0 bridgehead atoms. The van der Waals surface area contributed by atoms with Gasteiger partial charge in [-0.1, -0.05) is 0 Å². The van der Waals surface area contributed by atoms with Crippen molar-refractivity contribution in [3.63, 3.8) is 0 Å². The zero-order chi connectivity index (χ0) is 12.1. The third-order valence-electron chi connectivity index (χ3n) is 2.23. The molecule has 0 saturated carbocycles. The Morgan fingerprint density at radius 2 is 2.06 bits per heavy atom. The Morgan fingerprint density at radius 1 is 1.29 bits per heavy atom. The minimum atomic E-state index is -0.332. The van der Waals surface area contributed by atoms with E-state index in [1.165, 1.54) is 13.2 Å². The number of halogens is 1. The number of benzene rings is 1. The van der Waals surface area contributed by atoms with Crippen LogP contribution in [0.15, 0.2) is 36.7 Å². The van der Waals surface area contributed by atoms with Crippen LogP contribution >= 0.6 is 0 Å². The van der Waals surface area contributed by atoms with Gasteiger partial charge in [0.15, 0.2) is 0 Å². The van der Waals surface area contributed by atoms with E-state index in [2.05, 4.69) is 15.3 Å². The van der Waals surface area contributed by atoms with Gasteiger partial charge >= 0.3 is 0 Å². The lowest BCUT2D eigenvalue weighted by Crippen LogP contribution is -2.05. The summed E-state index contributed by atoms with van der Waals surface area (Å²) < 4.78 is 18.5. The molecule has 0 aliphatic heterocycles. The van der Waals surface area contributed by atoms with Gasteiger partial charge in [-0.2, -0.15) is 0 Å². The number of methoxy groups -OCH3 is 1. The molecule has 17 heavy (non-hydrogen) atoms. The predicted molar refractivity (Wildman–Crippen MR) is 62.3 cm³/mol. The SMILES string of the molecule is COc1ccc(F)c(NCc2ncccn2)c1. The molecule has 1 aromatic heterocycles. The van der Waals surface area contributed by atoms with Gasteiger partial charge in [0.05, 0.1) is 19.3 Å². The molecule has 4 nitrogen and oxygen atoms in total. The maximum atomic E-state index is 13.4. The smallest absolute Gasteiger partial charge is 0.147 e. The maximum absolute atomic E-state index is 13.4. The standard InChI is InChI=1S/C12H12FN3O/c1-17-9-3-4-10(13)11(7-9)16-8-12-14-5-2-6-15-12/h2-7,16H,8H2,1H3. The number of aromatic nitrogens is 2. The third kappa shape index (κ3) is 2.90. The van der Waals surface area contributed by atoms with E-state index in [4.69, 9.17) is 4.74 Å². The molecule has 2 aromatic rings. The van der Waals surface area contributed by atoms with Crippen molar-refractivity contribution in [3.05, 3.63) is 48.3 Å². The molecule has 0 spiro atoms. The average Bonchev–Trinajstić information content (AvgIpc) is 2.39. The van der Waals surface area contributed by atoms with Crippen LogP contribution in [0.25, 0.3) is 0 Å². The molecular formula is C12H12FN3O. The predicted octanol–water partition coefficient (Wildman–Crippen LogP) is 2.24. The Labute approximate surface area is 98.5 Å². The first-order valence-corrected chi connectivity index (χ1v) is 5.13. The van der Waals surface area contributed by atoms with E-state index >= 15 is 0 Å². The fourth-order valence-electron chi connectivity index (χ4n) is 1.36. The Morgan fingerprint density at radius 3 is 2.76 bits per heavy atom. The zero-order valence-corrected chi connectivity index (χ0v) is 9.35. The van der Waals surface area contributed by atoms with Crippen molar-refractivity contribution in [3.8, 4) is 5.75 Å². The molecular weight excluding hydrogens is 221 g/mol. The number of hydrogen-bond acceptors (Lipinski definition) is 4. The summed E-state index contributed by atoms with van der Waals surface area (Å²) in [7, 11) is 1.54. The van der Waals surface area contributed by atoms with E-state index in [1.807, 2.05) is 0 Å². The molecule has 0 saturated heterocycles. The molecule has 0 radical (unpaired) electrons. The number of rotatable bonds is 4. The van der Waals surface area contributed by atoms with E-state index in [-0.39, 0.29) is 5.82 Å². The van der Waals surface area contributed by atoms with E-state index < -0.39 is 0 Å². The third-order valence-corrected chi connectivity index (χ3v) is 2.23. The van der Waals surface area contributed by atoms with Crippen LogP contribution in [-0.2, 0) is 6.54 Å². The molecule has 0 amide bonds. The molecule has 0 unspecified atom stereocenters. The highest BCUT2D eigenvalue weighted by Gasteiger charge is 2.04. The second-order valence-corrected chi connectivity index (χ2v) is 3.36. The van der Waals surface area contributed by atoms with Gasteiger partial charge in [-0.3, -0.25) is 0 Å². The van der Waals surface area contributed by atoms with Gasteiger partial charge in [0, 0.05) is 18.5 Å². The maximum Gasteiger partial charge on any atom is 0.147 e. The number of nitrogens with zero attached hydrogens (tertiary/aromatic N) is 2. The summed E-state index contributed by atoms with van der Waals surface area (Å²) in [6, 6.07) is 6.25. The second kappa shape index (κ2) is 5.25. The normalized spacial score (nSPS) is 10.0. The monoisotopic (exact) mass is 233 g/mol. The molecule has 0 aliphatic carbocycles. The second-order valence-electron chi connectivity index (χ2n) is 3.36. The highest BCUT2D eigenvalue weighted by molar-refractivity contribution is 5.49. The van der Waals surface area contributed by atoms with Gasteiger partial charge in [-0.05, 0) is 18.2 Å². The summed E-state index contributed by atoms with van der Waals surface area (Å²) in [6.07, 6.45) is 3.29. The summed E-state index contributed by atoms with van der Waals surface area (Å²) in [5, 5.41) is 2.92. The van der Waals surface area contributed by atoms with Gasteiger partial charge in [0.25, 0.3) is 0 Å². The number of anilines is 1. The van der Waals surface area contributed by atoms with Crippen molar-refractivity contribution < 1.29 is 9.13 Å². The summed E-state index contributed by atoms with van der Waals surface area (Å²) >= 11 is 0. The highest BCUT2D eigenvalue weighted by atomic mass is 19.1. The van der Waals surface area contributed by atoms with Crippen molar-refractivity contribution >= 4 is 5.69 Å². The van der Waals surface area contributed by atoms with Crippen LogP contribution in [0.1, 0.15) is 5.82 Å². The zero-order valence-electron chi connectivity index (χ0n) is 9.35. The van der Waals surface area contributed by atoms with Crippen molar-refractivity contribution in [1.82, 2.24) is 9.97 Å². The van der Waals surface area contributed by atoms with Gasteiger partial charge < -0.3 is 10.1 Å². The Hall–Kier alpha value is -2.17. The van der Waals surface area contributed by atoms with Crippen LogP contribution in [0.2, 0.25) is 0 Å². The Kier molecular flexibility index (Phi) is 3.49. The van der Waals surface area contributed by atoms with Crippen molar-refractivity contribution in [1.29, 1.82) is 0 Å². The fourth-order valence-corrected chi connectivity index (χ4v) is 1.36. The Bertz CT molecular complexity index is 490. The minimum absolute atomic E-state index is 0.332. The van der Waals surface area contributed by atoms with Crippen LogP contribution in [-0.4, -0.2) is 17.1 Å². The van der Waals surface area contributed by atoms with Crippen molar-refractivity contribution in [2.45, 2.75) is 6.54 Å². The molecule has 2 rings (SSSR count). The van der Waals surface area contributed by atoms with Crippen LogP contribution in [0.4, 0.5) is 10.1 Å².